The minimum atomic E-state index is -0.276. The van der Waals surface area contributed by atoms with E-state index in [0.717, 1.165) is 36.0 Å². The summed E-state index contributed by atoms with van der Waals surface area (Å²) >= 11 is 1.31. The van der Waals surface area contributed by atoms with Crippen molar-refractivity contribution < 1.29 is 4.42 Å². The largest absolute Gasteiger partial charge is 0.437 e. The van der Waals surface area contributed by atoms with Crippen molar-refractivity contribution in [3.63, 3.8) is 0 Å². The second kappa shape index (κ2) is 7.97. The number of hydrogen-bond donors (Lipinski definition) is 1. The van der Waals surface area contributed by atoms with E-state index in [0.29, 0.717) is 21.9 Å². The number of nitriles is 1. The Morgan fingerprint density at radius 3 is 2.47 bits per heavy atom. The van der Waals surface area contributed by atoms with Gasteiger partial charge in [0.2, 0.25) is 5.71 Å². The predicted molar refractivity (Wildman–Crippen MR) is 126 cm³/mol. The minimum Gasteiger partial charge on any atom is -0.437 e. The molecule has 2 heterocycles. The van der Waals surface area contributed by atoms with Gasteiger partial charge in [0.25, 0.3) is 5.56 Å². The lowest BCUT2D eigenvalue weighted by Gasteiger charge is -2.38. The third kappa shape index (κ3) is 3.24. The van der Waals surface area contributed by atoms with Crippen molar-refractivity contribution in [2.75, 3.05) is 6.26 Å². The van der Waals surface area contributed by atoms with E-state index in [1.54, 1.807) is 0 Å². The van der Waals surface area contributed by atoms with E-state index in [1.807, 2.05) is 60.9 Å². The molecule has 7 heteroatoms. The van der Waals surface area contributed by atoms with Crippen molar-refractivity contribution in [3.8, 4) is 28.5 Å². The van der Waals surface area contributed by atoms with E-state index in [4.69, 9.17) is 10.2 Å². The van der Waals surface area contributed by atoms with Crippen LogP contribution in [0.15, 0.2) is 69.0 Å². The maximum absolute atomic E-state index is 13.5. The van der Waals surface area contributed by atoms with Crippen LogP contribution in [-0.2, 0) is 12.1 Å². The molecule has 0 unspecified atom stereocenters. The Bertz CT molecular complexity index is 1390. The van der Waals surface area contributed by atoms with Crippen molar-refractivity contribution in [1.82, 2.24) is 9.55 Å². The second-order valence-electron chi connectivity index (χ2n) is 8.09. The average Bonchev–Trinajstić information content (AvgIpc) is 3.19. The molecule has 2 N–H and O–H groups in total. The number of furan rings is 1. The lowest BCUT2D eigenvalue weighted by atomic mass is 9.72. The number of nitrogens with two attached hydrogens (primary N) is 1. The van der Waals surface area contributed by atoms with E-state index >= 15 is 0 Å². The summed E-state index contributed by atoms with van der Waals surface area (Å²) in [7, 11) is 0. The summed E-state index contributed by atoms with van der Waals surface area (Å²) in [6.07, 6.45) is 4.96. The molecule has 0 amide bonds. The van der Waals surface area contributed by atoms with Gasteiger partial charge in [-0.05, 0) is 36.6 Å². The van der Waals surface area contributed by atoms with Gasteiger partial charge in [0, 0.05) is 16.7 Å². The second-order valence-corrected chi connectivity index (χ2v) is 8.86. The fourth-order valence-corrected chi connectivity index (χ4v) is 4.86. The van der Waals surface area contributed by atoms with Crippen LogP contribution >= 0.6 is 11.8 Å². The van der Waals surface area contributed by atoms with E-state index in [-0.39, 0.29) is 23.4 Å². The van der Waals surface area contributed by atoms with Gasteiger partial charge < -0.3 is 10.2 Å². The van der Waals surface area contributed by atoms with Crippen LogP contribution in [0.25, 0.3) is 33.6 Å². The van der Waals surface area contributed by atoms with E-state index in [9.17, 15) is 10.1 Å². The molecule has 4 aromatic rings. The lowest BCUT2D eigenvalue weighted by Crippen LogP contribution is -2.43. The van der Waals surface area contributed by atoms with E-state index < -0.39 is 0 Å². The van der Waals surface area contributed by atoms with Gasteiger partial charge in [0.05, 0.1) is 6.07 Å². The van der Waals surface area contributed by atoms with E-state index in [1.165, 1.54) is 16.3 Å². The van der Waals surface area contributed by atoms with Gasteiger partial charge in [-0.3, -0.25) is 9.36 Å². The molecular formula is C25H22N4O2S. The smallest absolute Gasteiger partial charge is 0.267 e. The van der Waals surface area contributed by atoms with Gasteiger partial charge in [0.1, 0.15) is 17.7 Å². The van der Waals surface area contributed by atoms with Gasteiger partial charge in [-0.25, -0.2) is 0 Å². The molecule has 0 bridgehead atoms. The Morgan fingerprint density at radius 1 is 1.16 bits per heavy atom. The summed E-state index contributed by atoms with van der Waals surface area (Å²) in [5.41, 5.74) is 9.76. The summed E-state index contributed by atoms with van der Waals surface area (Å²) in [6, 6.07) is 19.8. The average molecular weight is 443 g/mol. The Labute approximate surface area is 189 Å². The highest BCUT2D eigenvalue weighted by Crippen LogP contribution is 2.42. The molecule has 6 nitrogen and oxygen atoms in total. The summed E-state index contributed by atoms with van der Waals surface area (Å²) in [5.74, 6) is 0.587. The molecule has 1 saturated carbocycles. The molecular weight excluding hydrogens is 420 g/mol. The van der Waals surface area contributed by atoms with Crippen LogP contribution in [0.1, 0.15) is 24.8 Å². The highest BCUT2D eigenvalue weighted by Gasteiger charge is 2.34. The van der Waals surface area contributed by atoms with Crippen LogP contribution in [0.5, 0.6) is 0 Å². The van der Waals surface area contributed by atoms with Crippen LogP contribution in [0.4, 0.5) is 0 Å². The van der Waals surface area contributed by atoms with Crippen molar-refractivity contribution in [3.05, 3.63) is 70.5 Å². The number of rotatable bonds is 5. The molecule has 2 aromatic carbocycles. The summed E-state index contributed by atoms with van der Waals surface area (Å²) < 4.78 is 7.61. The third-order valence-electron chi connectivity index (χ3n) is 6.22. The van der Waals surface area contributed by atoms with Crippen LogP contribution in [-0.4, -0.2) is 15.8 Å². The predicted octanol–water partition coefficient (Wildman–Crippen LogP) is 4.91. The number of aromatic nitrogens is 2. The first-order valence-corrected chi connectivity index (χ1v) is 11.7. The first-order valence-electron chi connectivity index (χ1n) is 10.5. The Kier molecular flexibility index (Phi) is 5.12. The molecule has 0 atom stereocenters. The van der Waals surface area contributed by atoms with Gasteiger partial charge in [-0.15, -0.1) is 0 Å². The monoisotopic (exact) mass is 442 g/mol. The van der Waals surface area contributed by atoms with Gasteiger partial charge in [-0.1, -0.05) is 66.4 Å². The number of nitrogens with zero attached hydrogens (tertiary/aromatic N) is 3. The lowest BCUT2D eigenvalue weighted by molar-refractivity contribution is 0.253. The molecule has 0 saturated heterocycles. The van der Waals surface area contributed by atoms with Crippen LogP contribution in [0.2, 0.25) is 0 Å². The topological polar surface area (TPSA) is 97.8 Å². The minimum absolute atomic E-state index is 0.0695. The Morgan fingerprint density at radius 2 is 1.88 bits per heavy atom. The van der Waals surface area contributed by atoms with Crippen LogP contribution < -0.4 is 11.3 Å². The summed E-state index contributed by atoms with van der Waals surface area (Å²) in [6.45, 7) is -0.0695. The standard InChI is InChI=1S/C25H22N4O2S/c1-32-24-28-22-20(23(30)29(24)15-14-26)19(16-6-3-2-4-7-16)21(31-22)17-8-10-18(11-9-17)25(27)12-5-13-25/h2-4,6-11H,5,12-13,15,27H2,1H3. The van der Waals surface area contributed by atoms with E-state index in [2.05, 4.69) is 11.1 Å². The van der Waals surface area contributed by atoms with Crippen molar-refractivity contribution in [2.24, 2.45) is 5.73 Å². The molecule has 2 aromatic heterocycles. The molecule has 160 valence electrons. The third-order valence-corrected chi connectivity index (χ3v) is 6.90. The van der Waals surface area contributed by atoms with Gasteiger partial charge >= 0.3 is 0 Å². The molecule has 32 heavy (non-hydrogen) atoms. The van der Waals surface area contributed by atoms with Crippen molar-refractivity contribution in [1.29, 1.82) is 5.26 Å². The molecule has 1 fully saturated rings. The SMILES string of the molecule is CSc1nc2oc(-c3ccc(C4(N)CCC4)cc3)c(-c3ccccc3)c2c(=O)n1CC#N. The zero-order valence-corrected chi connectivity index (χ0v) is 18.5. The molecule has 0 spiro atoms. The number of benzene rings is 2. The molecule has 0 aliphatic heterocycles. The Hall–Kier alpha value is -3.34. The summed E-state index contributed by atoms with van der Waals surface area (Å²) in [4.78, 5) is 18.0. The maximum atomic E-state index is 13.5. The first-order chi connectivity index (χ1) is 15.6. The van der Waals surface area contributed by atoms with Gasteiger partial charge in [-0.2, -0.15) is 10.2 Å². The molecule has 0 radical (unpaired) electrons. The zero-order chi connectivity index (χ0) is 22.3. The molecule has 1 aliphatic rings. The number of fused-ring (bicyclic) bond motifs is 1. The maximum Gasteiger partial charge on any atom is 0.267 e. The number of thioether (sulfide) groups is 1. The highest BCUT2D eigenvalue weighted by atomic mass is 32.2. The van der Waals surface area contributed by atoms with Gasteiger partial charge in [0.15, 0.2) is 5.16 Å². The van der Waals surface area contributed by atoms with Crippen LogP contribution in [0.3, 0.4) is 0 Å². The highest BCUT2D eigenvalue weighted by molar-refractivity contribution is 7.98. The fourth-order valence-electron chi connectivity index (χ4n) is 4.31. The fraction of sp³-hybridized carbons (Fsp3) is 0.240. The summed E-state index contributed by atoms with van der Waals surface area (Å²) in [5, 5.41) is 10.1. The quantitative estimate of drug-likeness (QED) is 0.348. The molecule has 1 aliphatic carbocycles. The van der Waals surface area contributed by atoms with Crippen LogP contribution in [0, 0.1) is 11.3 Å². The van der Waals surface area contributed by atoms with Crippen molar-refractivity contribution in [2.45, 2.75) is 36.5 Å². The number of hydrogen-bond acceptors (Lipinski definition) is 6. The molecule has 5 rings (SSSR count). The zero-order valence-electron chi connectivity index (χ0n) is 17.7. The Balaban J connectivity index is 1.76. The first kappa shape index (κ1) is 20.6. The normalized spacial score (nSPS) is 14.8. The van der Waals surface area contributed by atoms with Crippen molar-refractivity contribution >= 4 is 22.9 Å².